The number of benzene rings is 2. The molecule has 6 heteroatoms. The maximum atomic E-state index is 12.1. The largest absolute Gasteiger partial charge is 0.497 e. The van der Waals surface area contributed by atoms with Gasteiger partial charge in [-0.1, -0.05) is 17.7 Å². The van der Waals surface area contributed by atoms with Crippen LogP contribution in [0.4, 0.5) is 0 Å². The van der Waals surface area contributed by atoms with Crippen molar-refractivity contribution in [2.24, 2.45) is 0 Å². The van der Waals surface area contributed by atoms with Crippen LogP contribution in [0.15, 0.2) is 42.5 Å². The van der Waals surface area contributed by atoms with E-state index in [-0.39, 0.29) is 6.61 Å². The average molecular weight is 351 g/mol. The van der Waals surface area contributed by atoms with Crippen LogP contribution >= 0.6 is 11.6 Å². The zero-order chi connectivity index (χ0) is 17.5. The Balaban J connectivity index is 1.97. The third kappa shape index (κ3) is 4.80. The molecular weight excluding hydrogens is 332 g/mol. The lowest BCUT2D eigenvalue weighted by atomic mass is 10.2. The molecule has 0 aliphatic rings. The SMILES string of the molecule is COc1ccc(OC)c(COC(=O)C(C)Oc2cccc(Cl)c2)c1. The van der Waals surface area contributed by atoms with Crippen molar-refractivity contribution >= 4 is 17.6 Å². The zero-order valence-corrected chi connectivity index (χ0v) is 14.5. The smallest absolute Gasteiger partial charge is 0.347 e. The van der Waals surface area contributed by atoms with Gasteiger partial charge in [0.2, 0.25) is 0 Å². The minimum absolute atomic E-state index is 0.0580. The normalized spacial score (nSPS) is 11.5. The van der Waals surface area contributed by atoms with Crippen LogP contribution in [0.2, 0.25) is 5.02 Å². The summed E-state index contributed by atoms with van der Waals surface area (Å²) < 4.78 is 21.3. The second kappa shape index (κ2) is 8.45. The van der Waals surface area contributed by atoms with Crippen molar-refractivity contribution in [1.82, 2.24) is 0 Å². The van der Waals surface area contributed by atoms with Gasteiger partial charge in [0.05, 0.1) is 14.2 Å². The molecule has 0 aliphatic carbocycles. The lowest BCUT2D eigenvalue weighted by molar-refractivity contribution is -0.152. The number of esters is 1. The summed E-state index contributed by atoms with van der Waals surface area (Å²) in [4.78, 5) is 12.1. The minimum atomic E-state index is -0.764. The summed E-state index contributed by atoms with van der Waals surface area (Å²) in [5, 5.41) is 0.536. The van der Waals surface area contributed by atoms with Crippen molar-refractivity contribution in [1.29, 1.82) is 0 Å². The van der Waals surface area contributed by atoms with E-state index in [2.05, 4.69) is 0 Å². The van der Waals surface area contributed by atoms with Crippen LogP contribution in [0, 0.1) is 0 Å². The fourth-order valence-electron chi connectivity index (χ4n) is 2.05. The van der Waals surface area contributed by atoms with Gasteiger partial charge in [-0.3, -0.25) is 0 Å². The Morgan fingerprint density at radius 2 is 1.88 bits per heavy atom. The van der Waals surface area contributed by atoms with Gasteiger partial charge < -0.3 is 18.9 Å². The van der Waals surface area contributed by atoms with Gasteiger partial charge in [-0.15, -0.1) is 0 Å². The standard InChI is InChI=1S/C18H19ClO5/c1-12(24-16-6-4-5-14(19)10-16)18(20)23-11-13-9-15(21-2)7-8-17(13)22-3/h4-10,12H,11H2,1-3H3. The topological polar surface area (TPSA) is 54.0 Å². The van der Waals surface area contributed by atoms with Crippen molar-refractivity contribution in [3.05, 3.63) is 53.1 Å². The first kappa shape index (κ1) is 17.9. The van der Waals surface area contributed by atoms with E-state index < -0.39 is 12.1 Å². The monoisotopic (exact) mass is 350 g/mol. The molecule has 0 bridgehead atoms. The second-order valence-electron chi connectivity index (χ2n) is 5.00. The Hall–Kier alpha value is -2.40. The second-order valence-corrected chi connectivity index (χ2v) is 5.44. The molecular formula is C18H19ClO5. The number of hydrogen-bond acceptors (Lipinski definition) is 5. The molecule has 0 amide bonds. The zero-order valence-electron chi connectivity index (χ0n) is 13.7. The average Bonchev–Trinajstić information content (AvgIpc) is 2.59. The van der Waals surface area contributed by atoms with E-state index in [9.17, 15) is 4.79 Å². The van der Waals surface area contributed by atoms with Crippen LogP contribution < -0.4 is 14.2 Å². The van der Waals surface area contributed by atoms with E-state index in [4.69, 9.17) is 30.5 Å². The van der Waals surface area contributed by atoms with Crippen molar-refractivity contribution in [2.45, 2.75) is 19.6 Å². The summed E-state index contributed by atoms with van der Waals surface area (Å²) in [6.07, 6.45) is -0.764. The van der Waals surface area contributed by atoms with Crippen LogP contribution in [0.3, 0.4) is 0 Å². The van der Waals surface area contributed by atoms with Crippen LogP contribution in [-0.4, -0.2) is 26.3 Å². The Labute approximate surface area is 146 Å². The van der Waals surface area contributed by atoms with Crippen molar-refractivity contribution in [2.75, 3.05) is 14.2 Å². The summed E-state index contributed by atoms with van der Waals surface area (Å²) in [6, 6.07) is 12.1. The lowest BCUT2D eigenvalue weighted by Gasteiger charge is -2.15. The highest BCUT2D eigenvalue weighted by molar-refractivity contribution is 6.30. The maximum Gasteiger partial charge on any atom is 0.347 e. The highest BCUT2D eigenvalue weighted by Crippen LogP contribution is 2.25. The molecule has 5 nitrogen and oxygen atoms in total. The maximum absolute atomic E-state index is 12.1. The highest BCUT2D eigenvalue weighted by Gasteiger charge is 2.17. The van der Waals surface area contributed by atoms with Gasteiger partial charge >= 0.3 is 5.97 Å². The number of carbonyl (C=O) groups is 1. The van der Waals surface area contributed by atoms with Gasteiger partial charge in [-0.25, -0.2) is 4.79 Å². The Morgan fingerprint density at radius 3 is 2.54 bits per heavy atom. The summed E-state index contributed by atoms with van der Waals surface area (Å²) in [5.74, 6) is 1.29. The molecule has 2 aromatic carbocycles. The van der Waals surface area contributed by atoms with Gasteiger partial charge in [0.25, 0.3) is 0 Å². The molecule has 0 N–H and O–H groups in total. The first-order valence-corrected chi connectivity index (χ1v) is 7.71. The highest BCUT2D eigenvalue weighted by atomic mass is 35.5. The van der Waals surface area contributed by atoms with Crippen LogP contribution in [0.5, 0.6) is 17.2 Å². The molecule has 1 unspecified atom stereocenters. The third-order valence-corrected chi connectivity index (χ3v) is 3.53. The molecule has 0 saturated carbocycles. The minimum Gasteiger partial charge on any atom is -0.497 e. The molecule has 2 aromatic rings. The van der Waals surface area contributed by atoms with Crippen LogP contribution in [0.25, 0.3) is 0 Å². The number of halogens is 1. The Morgan fingerprint density at radius 1 is 1.08 bits per heavy atom. The molecule has 0 spiro atoms. The molecule has 0 aliphatic heterocycles. The molecule has 0 heterocycles. The number of ether oxygens (including phenoxy) is 4. The number of rotatable bonds is 7. The number of methoxy groups -OCH3 is 2. The van der Waals surface area contributed by atoms with Crippen molar-refractivity contribution < 1.29 is 23.7 Å². The summed E-state index contributed by atoms with van der Waals surface area (Å²) >= 11 is 5.89. The van der Waals surface area contributed by atoms with Crippen molar-refractivity contribution in [3.63, 3.8) is 0 Å². The summed E-state index contributed by atoms with van der Waals surface area (Å²) in [5.41, 5.74) is 0.708. The first-order valence-electron chi connectivity index (χ1n) is 7.33. The summed E-state index contributed by atoms with van der Waals surface area (Å²) in [6.45, 7) is 1.68. The van der Waals surface area contributed by atoms with Gasteiger partial charge in [0.1, 0.15) is 23.9 Å². The molecule has 2 rings (SSSR count). The summed E-state index contributed by atoms with van der Waals surface area (Å²) in [7, 11) is 3.12. The van der Waals surface area contributed by atoms with E-state index in [0.717, 1.165) is 0 Å². The molecule has 0 fully saturated rings. The van der Waals surface area contributed by atoms with E-state index in [1.165, 1.54) is 0 Å². The van der Waals surface area contributed by atoms with E-state index in [1.807, 2.05) is 0 Å². The number of carbonyl (C=O) groups excluding carboxylic acids is 1. The van der Waals surface area contributed by atoms with Crippen LogP contribution in [-0.2, 0) is 16.1 Å². The first-order chi connectivity index (χ1) is 11.5. The Bertz CT molecular complexity index is 702. The molecule has 1 atom stereocenters. The van der Waals surface area contributed by atoms with E-state index in [0.29, 0.717) is 27.8 Å². The van der Waals surface area contributed by atoms with Gasteiger partial charge in [0, 0.05) is 10.6 Å². The van der Waals surface area contributed by atoms with Gasteiger partial charge in [-0.05, 0) is 43.3 Å². The predicted molar refractivity (Wildman–Crippen MR) is 90.9 cm³/mol. The fraction of sp³-hybridized carbons (Fsp3) is 0.278. The third-order valence-electron chi connectivity index (χ3n) is 3.30. The van der Waals surface area contributed by atoms with Crippen LogP contribution in [0.1, 0.15) is 12.5 Å². The van der Waals surface area contributed by atoms with Gasteiger partial charge in [0.15, 0.2) is 6.10 Å². The quantitative estimate of drug-likeness (QED) is 0.709. The molecule has 0 radical (unpaired) electrons. The molecule has 0 aromatic heterocycles. The molecule has 128 valence electrons. The molecule has 24 heavy (non-hydrogen) atoms. The Kier molecular flexibility index (Phi) is 6.32. The van der Waals surface area contributed by atoms with E-state index in [1.54, 1.807) is 63.6 Å². The predicted octanol–water partition coefficient (Wildman–Crippen LogP) is 3.87. The number of hydrogen-bond donors (Lipinski definition) is 0. The molecule has 0 saturated heterocycles. The van der Waals surface area contributed by atoms with E-state index >= 15 is 0 Å². The lowest BCUT2D eigenvalue weighted by Crippen LogP contribution is -2.26. The van der Waals surface area contributed by atoms with Crippen molar-refractivity contribution in [3.8, 4) is 17.2 Å². The fourth-order valence-corrected chi connectivity index (χ4v) is 2.23. The van der Waals surface area contributed by atoms with Gasteiger partial charge in [-0.2, -0.15) is 0 Å².